The van der Waals surface area contributed by atoms with Gasteiger partial charge in [-0.15, -0.1) is 0 Å². The standard InChI is InChI=1S/Al.Fe.Mg.H2O4S.4H/c;;;1-5(2,3)4;;;;/h;;;(H2,1,2,3,4);;;;/q;;+2;;;;2*-1. The molecule has 0 rings (SSSR count). The predicted molar refractivity (Wildman–Crippen MR) is 30.7 cm³/mol. The van der Waals surface area contributed by atoms with Crippen LogP contribution in [0, 0.1) is 0 Å². The van der Waals surface area contributed by atoms with E-state index in [1.165, 1.54) is 0 Å². The first kappa shape index (κ1) is 22.6. The van der Waals surface area contributed by atoms with Crippen molar-refractivity contribution in [1.82, 2.24) is 0 Å². The van der Waals surface area contributed by atoms with E-state index in [2.05, 4.69) is 0 Å². The van der Waals surface area contributed by atoms with E-state index in [1.807, 2.05) is 0 Å². The van der Waals surface area contributed by atoms with Crippen LogP contribution >= 0.6 is 0 Å². The Hall–Kier alpha value is 1.69. The summed E-state index contributed by atoms with van der Waals surface area (Å²) in [5, 5.41) is 0. The SMILES string of the molecule is O=S(=O)(O)O.[AlH2].[Fe].[H-].[H-].[Mg+2]. The molecule has 0 bridgehead atoms. The minimum atomic E-state index is -4.67. The molecular weight excluding hydrogens is 203 g/mol. The van der Waals surface area contributed by atoms with Crippen molar-refractivity contribution in [3.63, 3.8) is 0 Å². The average Bonchev–Trinajstić information content (AvgIpc) is 0.722. The normalized spacial score (nSPS) is 7.25. The number of hydrogen-bond acceptors (Lipinski definition) is 2. The first-order valence-corrected chi connectivity index (χ1v) is 2.10. The van der Waals surface area contributed by atoms with E-state index in [1.54, 1.807) is 0 Å². The molecule has 0 aliphatic carbocycles. The van der Waals surface area contributed by atoms with Crippen LogP contribution in [0.4, 0.5) is 0 Å². The fourth-order valence-corrected chi connectivity index (χ4v) is 0. The largest absolute Gasteiger partial charge is 2.00 e. The van der Waals surface area contributed by atoms with E-state index in [9.17, 15) is 0 Å². The molecule has 0 amide bonds. The van der Waals surface area contributed by atoms with E-state index in [4.69, 9.17) is 17.5 Å². The summed E-state index contributed by atoms with van der Waals surface area (Å²) in [6.45, 7) is 0. The average molecular weight is 209 g/mol. The Bertz CT molecular complexity index is 106. The van der Waals surface area contributed by atoms with Gasteiger partial charge in [0.25, 0.3) is 0 Å². The van der Waals surface area contributed by atoms with Gasteiger partial charge in [0, 0.05) is 17.1 Å². The van der Waals surface area contributed by atoms with Gasteiger partial charge in [0.15, 0.2) is 0 Å². The molecule has 0 aromatic carbocycles. The fourth-order valence-electron chi connectivity index (χ4n) is 0. The Morgan fingerprint density at radius 3 is 1.25 bits per heavy atom. The Labute approximate surface area is 87.7 Å². The van der Waals surface area contributed by atoms with Crippen LogP contribution in [0.15, 0.2) is 0 Å². The van der Waals surface area contributed by atoms with E-state index in [0.717, 1.165) is 0 Å². The third-order valence-electron chi connectivity index (χ3n) is 0. The van der Waals surface area contributed by atoms with Crippen LogP contribution in [0.1, 0.15) is 2.85 Å². The Morgan fingerprint density at radius 1 is 1.25 bits per heavy atom. The summed E-state index contributed by atoms with van der Waals surface area (Å²) in [6.07, 6.45) is 0. The molecule has 0 aromatic heterocycles. The zero-order chi connectivity index (χ0) is 4.50. The second kappa shape index (κ2) is 8.69. The quantitative estimate of drug-likeness (QED) is 0.367. The van der Waals surface area contributed by atoms with Crippen molar-refractivity contribution in [2.24, 2.45) is 0 Å². The van der Waals surface area contributed by atoms with Crippen LogP contribution in [-0.2, 0) is 27.5 Å². The maximum absolute atomic E-state index is 8.74. The topological polar surface area (TPSA) is 74.6 Å². The zero-order valence-electron chi connectivity index (χ0n) is 6.18. The molecule has 4 nitrogen and oxygen atoms in total. The van der Waals surface area contributed by atoms with Crippen molar-refractivity contribution in [2.45, 2.75) is 0 Å². The maximum atomic E-state index is 8.74. The molecule has 0 unspecified atom stereocenters. The Morgan fingerprint density at radius 2 is 1.25 bits per heavy atom. The minimum absolute atomic E-state index is 0. The molecule has 0 fully saturated rings. The third-order valence-corrected chi connectivity index (χ3v) is 0. The van der Waals surface area contributed by atoms with Crippen molar-refractivity contribution in [2.75, 3.05) is 0 Å². The van der Waals surface area contributed by atoms with Crippen LogP contribution in [0.3, 0.4) is 0 Å². The molecule has 0 atom stereocenters. The van der Waals surface area contributed by atoms with Crippen molar-refractivity contribution < 1.29 is 37.4 Å². The summed E-state index contributed by atoms with van der Waals surface area (Å²) >= 11 is 0. The van der Waals surface area contributed by atoms with Crippen LogP contribution in [0.25, 0.3) is 0 Å². The van der Waals surface area contributed by atoms with Crippen LogP contribution in [0.2, 0.25) is 0 Å². The van der Waals surface area contributed by atoms with Gasteiger partial charge in [0.05, 0.1) is 0 Å². The second-order valence-electron chi connectivity index (χ2n) is 0.448. The second-order valence-corrected chi connectivity index (χ2v) is 1.34. The van der Waals surface area contributed by atoms with Crippen LogP contribution < -0.4 is 0 Å². The van der Waals surface area contributed by atoms with Crippen molar-refractivity contribution >= 4 is 50.8 Å². The molecule has 0 saturated carbocycles. The van der Waals surface area contributed by atoms with E-state index < -0.39 is 10.4 Å². The molecule has 8 heteroatoms. The fraction of sp³-hybridized carbons (Fsp3) is 0. The Kier molecular flexibility index (Phi) is 24.5. The molecule has 8 heavy (non-hydrogen) atoms. The van der Waals surface area contributed by atoms with Gasteiger partial charge >= 0.3 is 33.5 Å². The van der Waals surface area contributed by atoms with Gasteiger partial charge in [-0.2, -0.15) is 8.42 Å². The zero-order valence-corrected chi connectivity index (χ0v) is 9.51. The van der Waals surface area contributed by atoms with Crippen LogP contribution in [0.5, 0.6) is 0 Å². The van der Waals surface area contributed by atoms with Crippen molar-refractivity contribution in [1.29, 1.82) is 0 Å². The molecule has 0 aliphatic rings. The number of rotatable bonds is 0. The molecule has 0 aromatic rings. The van der Waals surface area contributed by atoms with E-state index in [0.29, 0.717) is 0 Å². The molecule has 2 N–H and O–H groups in total. The van der Waals surface area contributed by atoms with Crippen LogP contribution in [-0.4, -0.2) is 57.9 Å². The van der Waals surface area contributed by atoms with Gasteiger partial charge in [-0.1, -0.05) is 0 Å². The summed E-state index contributed by atoms with van der Waals surface area (Å²) < 4.78 is 31.6. The monoisotopic (exact) mass is 209 g/mol. The van der Waals surface area contributed by atoms with Gasteiger partial charge in [-0.25, -0.2) is 0 Å². The summed E-state index contributed by atoms with van der Waals surface area (Å²) in [4.78, 5) is 0. The molecule has 0 spiro atoms. The molecule has 0 heterocycles. The summed E-state index contributed by atoms with van der Waals surface area (Å²) in [7, 11) is -4.67. The number of hydrogen-bond donors (Lipinski definition) is 2. The molecule has 0 saturated heterocycles. The predicted octanol–water partition coefficient (Wildman–Crippen LogP) is -1.73. The van der Waals surface area contributed by atoms with E-state index >= 15 is 0 Å². The summed E-state index contributed by atoms with van der Waals surface area (Å²) in [5.74, 6) is 0. The van der Waals surface area contributed by atoms with Gasteiger partial charge in [-0.3, -0.25) is 9.11 Å². The maximum Gasteiger partial charge on any atom is 2.00 e. The van der Waals surface area contributed by atoms with Gasteiger partial charge < -0.3 is 2.85 Å². The van der Waals surface area contributed by atoms with Gasteiger partial charge in [0.1, 0.15) is 17.4 Å². The summed E-state index contributed by atoms with van der Waals surface area (Å²) in [5.41, 5.74) is 0. The van der Waals surface area contributed by atoms with Crippen molar-refractivity contribution in [3.05, 3.63) is 0 Å². The van der Waals surface area contributed by atoms with Crippen molar-refractivity contribution in [3.8, 4) is 0 Å². The molecule has 0 aliphatic heterocycles. The molecular formula is H6AlFeMgO4S. The molecule has 49 valence electrons. The summed E-state index contributed by atoms with van der Waals surface area (Å²) in [6, 6.07) is 0. The molecule has 1 radical (unpaired) electrons. The minimum Gasteiger partial charge on any atom is -1.00 e. The van der Waals surface area contributed by atoms with Gasteiger partial charge in [-0.05, 0) is 0 Å². The first-order chi connectivity index (χ1) is 2.00. The van der Waals surface area contributed by atoms with E-state index in [-0.39, 0.29) is 60.3 Å². The smallest absolute Gasteiger partial charge is 1.00 e. The first-order valence-electron chi connectivity index (χ1n) is 0.698. The Balaban J connectivity index is -0.00000000800. The third kappa shape index (κ3) is 121. The van der Waals surface area contributed by atoms with Gasteiger partial charge in [0.2, 0.25) is 0 Å².